The van der Waals surface area contributed by atoms with Crippen molar-refractivity contribution in [1.29, 1.82) is 5.26 Å². The maximum atomic E-state index is 12.1. The van der Waals surface area contributed by atoms with Crippen molar-refractivity contribution in [3.8, 4) is 11.8 Å². The van der Waals surface area contributed by atoms with Crippen LogP contribution in [-0.4, -0.2) is 6.36 Å². The highest BCUT2D eigenvalue weighted by Crippen LogP contribution is 2.26. The standard InChI is InChI=1S/C15H11F3N2O/c16-15(17,18)21-13-7-5-12(6-8-13)14(20)11-3-1-10(9-19)2-4-11/h1-8,14H,20H2/t14-/m1/s1. The topological polar surface area (TPSA) is 59.0 Å². The molecule has 0 fully saturated rings. The second-order valence-electron chi connectivity index (χ2n) is 4.33. The van der Waals surface area contributed by atoms with E-state index in [0.717, 1.165) is 5.56 Å². The van der Waals surface area contributed by atoms with Gasteiger partial charge in [-0.15, -0.1) is 13.2 Å². The Kier molecular flexibility index (Phi) is 4.15. The number of ether oxygens (including phenoxy) is 1. The Bertz CT molecular complexity index is 643. The Morgan fingerprint density at radius 2 is 1.43 bits per heavy atom. The summed E-state index contributed by atoms with van der Waals surface area (Å²) in [5, 5.41) is 8.72. The number of nitrogens with zero attached hydrogens (tertiary/aromatic N) is 1. The molecule has 0 aliphatic carbocycles. The van der Waals surface area contributed by atoms with E-state index in [1.54, 1.807) is 24.3 Å². The van der Waals surface area contributed by atoms with Gasteiger partial charge in [0.05, 0.1) is 17.7 Å². The first-order chi connectivity index (χ1) is 9.89. The molecule has 0 saturated carbocycles. The van der Waals surface area contributed by atoms with E-state index in [2.05, 4.69) is 4.74 Å². The summed E-state index contributed by atoms with van der Waals surface area (Å²) >= 11 is 0. The molecule has 0 heterocycles. The van der Waals surface area contributed by atoms with Crippen LogP contribution in [0.1, 0.15) is 22.7 Å². The zero-order chi connectivity index (χ0) is 15.5. The van der Waals surface area contributed by atoms with Gasteiger partial charge in [-0.2, -0.15) is 5.26 Å². The smallest absolute Gasteiger partial charge is 0.406 e. The van der Waals surface area contributed by atoms with E-state index in [1.165, 1.54) is 24.3 Å². The molecule has 2 aromatic rings. The fourth-order valence-corrected chi connectivity index (χ4v) is 1.83. The van der Waals surface area contributed by atoms with Gasteiger partial charge in [0.15, 0.2) is 0 Å². The third-order valence-corrected chi connectivity index (χ3v) is 2.87. The highest BCUT2D eigenvalue weighted by Gasteiger charge is 2.31. The van der Waals surface area contributed by atoms with Gasteiger partial charge in [0.25, 0.3) is 0 Å². The van der Waals surface area contributed by atoms with Crippen LogP contribution >= 0.6 is 0 Å². The molecule has 2 rings (SSSR count). The van der Waals surface area contributed by atoms with E-state index < -0.39 is 12.4 Å². The van der Waals surface area contributed by atoms with E-state index in [4.69, 9.17) is 11.0 Å². The minimum atomic E-state index is -4.71. The van der Waals surface area contributed by atoms with Crippen molar-refractivity contribution < 1.29 is 17.9 Å². The molecule has 21 heavy (non-hydrogen) atoms. The Balaban J connectivity index is 2.15. The Labute approximate surface area is 119 Å². The fourth-order valence-electron chi connectivity index (χ4n) is 1.83. The Morgan fingerprint density at radius 1 is 0.952 bits per heavy atom. The predicted octanol–water partition coefficient (Wildman–Crippen LogP) is 3.50. The highest BCUT2D eigenvalue weighted by atomic mass is 19.4. The van der Waals surface area contributed by atoms with Gasteiger partial charge >= 0.3 is 6.36 Å². The second kappa shape index (κ2) is 5.85. The largest absolute Gasteiger partial charge is 0.573 e. The van der Waals surface area contributed by atoms with Crippen molar-refractivity contribution in [2.75, 3.05) is 0 Å². The first-order valence-electron chi connectivity index (χ1n) is 6.00. The minimum Gasteiger partial charge on any atom is -0.406 e. The zero-order valence-electron chi connectivity index (χ0n) is 10.8. The second-order valence-corrected chi connectivity index (χ2v) is 4.33. The van der Waals surface area contributed by atoms with Crippen LogP contribution in [0, 0.1) is 11.3 Å². The number of nitrogens with two attached hydrogens (primary N) is 1. The van der Waals surface area contributed by atoms with Crippen LogP contribution in [0.2, 0.25) is 0 Å². The minimum absolute atomic E-state index is 0.293. The quantitative estimate of drug-likeness (QED) is 0.941. The average Bonchev–Trinajstić information content (AvgIpc) is 2.46. The maximum absolute atomic E-state index is 12.1. The fraction of sp³-hybridized carbons (Fsp3) is 0.133. The number of benzene rings is 2. The van der Waals surface area contributed by atoms with Crippen LogP contribution in [0.15, 0.2) is 48.5 Å². The number of alkyl halides is 3. The summed E-state index contributed by atoms with van der Waals surface area (Å²) in [4.78, 5) is 0. The van der Waals surface area contributed by atoms with Crippen LogP contribution in [0.25, 0.3) is 0 Å². The van der Waals surface area contributed by atoms with Crippen molar-refractivity contribution in [2.24, 2.45) is 5.73 Å². The zero-order valence-corrected chi connectivity index (χ0v) is 10.8. The summed E-state index contributed by atoms with van der Waals surface area (Å²) in [6.45, 7) is 0. The van der Waals surface area contributed by atoms with Crippen LogP contribution < -0.4 is 10.5 Å². The Morgan fingerprint density at radius 3 is 1.86 bits per heavy atom. The predicted molar refractivity (Wildman–Crippen MR) is 70.3 cm³/mol. The lowest BCUT2D eigenvalue weighted by Crippen LogP contribution is -2.17. The molecule has 0 amide bonds. The number of rotatable bonds is 3. The maximum Gasteiger partial charge on any atom is 0.573 e. The Hall–Kier alpha value is -2.52. The average molecular weight is 292 g/mol. The van der Waals surface area contributed by atoms with E-state index in [0.29, 0.717) is 11.1 Å². The summed E-state index contributed by atoms with van der Waals surface area (Å²) in [5.41, 5.74) is 7.96. The molecule has 0 aliphatic rings. The van der Waals surface area contributed by atoms with Gasteiger partial charge in [-0.3, -0.25) is 0 Å². The van der Waals surface area contributed by atoms with Crippen LogP contribution in [0.4, 0.5) is 13.2 Å². The first kappa shape index (κ1) is 14.9. The van der Waals surface area contributed by atoms with Crippen molar-refractivity contribution in [3.05, 3.63) is 65.2 Å². The van der Waals surface area contributed by atoms with Crippen molar-refractivity contribution >= 4 is 0 Å². The SMILES string of the molecule is N#Cc1ccc([C@@H](N)c2ccc(OC(F)(F)F)cc2)cc1. The lowest BCUT2D eigenvalue weighted by molar-refractivity contribution is -0.274. The van der Waals surface area contributed by atoms with Crippen LogP contribution in [-0.2, 0) is 0 Å². The molecule has 6 heteroatoms. The summed E-state index contributed by atoms with van der Waals surface area (Å²) in [5.74, 6) is -0.293. The molecular weight excluding hydrogens is 281 g/mol. The molecule has 0 saturated heterocycles. The molecule has 0 unspecified atom stereocenters. The van der Waals surface area contributed by atoms with Gasteiger partial charge < -0.3 is 10.5 Å². The monoisotopic (exact) mass is 292 g/mol. The van der Waals surface area contributed by atoms with Gasteiger partial charge in [-0.1, -0.05) is 24.3 Å². The van der Waals surface area contributed by atoms with Crippen molar-refractivity contribution in [1.82, 2.24) is 0 Å². The molecule has 3 nitrogen and oxygen atoms in total. The number of nitriles is 1. The molecule has 1 atom stereocenters. The lowest BCUT2D eigenvalue weighted by atomic mass is 9.99. The van der Waals surface area contributed by atoms with Crippen molar-refractivity contribution in [2.45, 2.75) is 12.4 Å². The van der Waals surface area contributed by atoms with E-state index in [9.17, 15) is 13.2 Å². The van der Waals surface area contributed by atoms with Crippen molar-refractivity contribution in [3.63, 3.8) is 0 Å². The summed E-state index contributed by atoms with van der Waals surface area (Å²) in [6, 6.07) is 13.6. The molecule has 0 radical (unpaired) electrons. The van der Waals surface area contributed by atoms with E-state index in [-0.39, 0.29) is 5.75 Å². The van der Waals surface area contributed by atoms with Crippen LogP contribution in [0.3, 0.4) is 0 Å². The van der Waals surface area contributed by atoms with Gasteiger partial charge in [-0.25, -0.2) is 0 Å². The van der Waals surface area contributed by atoms with Gasteiger partial charge in [0, 0.05) is 0 Å². The molecular formula is C15H11F3N2O. The third-order valence-electron chi connectivity index (χ3n) is 2.87. The molecule has 108 valence electrons. The molecule has 2 N–H and O–H groups in total. The normalized spacial score (nSPS) is 12.5. The molecule has 0 aromatic heterocycles. The summed E-state index contributed by atoms with van der Waals surface area (Å²) in [6.07, 6.45) is -4.71. The van der Waals surface area contributed by atoms with Gasteiger partial charge in [-0.05, 0) is 35.4 Å². The highest BCUT2D eigenvalue weighted by molar-refractivity contribution is 5.38. The molecule has 0 aliphatic heterocycles. The van der Waals surface area contributed by atoms with E-state index >= 15 is 0 Å². The molecule has 0 spiro atoms. The number of hydrogen-bond donors (Lipinski definition) is 1. The van der Waals surface area contributed by atoms with Gasteiger partial charge in [0.2, 0.25) is 0 Å². The number of halogens is 3. The summed E-state index contributed by atoms with van der Waals surface area (Å²) in [7, 11) is 0. The first-order valence-corrected chi connectivity index (χ1v) is 6.00. The van der Waals surface area contributed by atoms with E-state index in [1.807, 2.05) is 6.07 Å². The number of hydrogen-bond acceptors (Lipinski definition) is 3. The molecule has 0 bridgehead atoms. The van der Waals surface area contributed by atoms with Gasteiger partial charge in [0.1, 0.15) is 5.75 Å². The third kappa shape index (κ3) is 3.97. The molecule has 2 aromatic carbocycles. The lowest BCUT2D eigenvalue weighted by Gasteiger charge is -2.14. The van der Waals surface area contributed by atoms with Crippen LogP contribution in [0.5, 0.6) is 5.75 Å². The summed E-state index contributed by atoms with van der Waals surface area (Å²) < 4.78 is 40.0.